The van der Waals surface area contributed by atoms with Crippen LogP contribution in [0.1, 0.15) is 30.0 Å². The van der Waals surface area contributed by atoms with E-state index in [2.05, 4.69) is 41.8 Å². The quantitative estimate of drug-likeness (QED) is 0.846. The maximum atomic E-state index is 12.0. The maximum absolute atomic E-state index is 12.0. The Kier molecular flexibility index (Phi) is 3.35. The zero-order valence-corrected chi connectivity index (χ0v) is 13.5. The molecule has 1 fully saturated rings. The number of nitrogens with one attached hydrogen (secondary N) is 1. The van der Waals surface area contributed by atoms with Gasteiger partial charge in [-0.3, -0.25) is 4.79 Å². The van der Waals surface area contributed by atoms with Crippen molar-refractivity contribution >= 4 is 31.9 Å². The summed E-state index contributed by atoms with van der Waals surface area (Å²) in [6.07, 6.45) is 2.23. The van der Waals surface area contributed by atoms with Crippen LogP contribution >= 0.6 is 31.9 Å². The lowest BCUT2D eigenvalue weighted by molar-refractivity contribution is 0.960. The van der Waals surface area contributed by atoms with Crippen LogP contribution in [-0.4, -0.2) is 9.97 Å². The van der Waals surface area contributed by atoms with Gasteiger partial charge in [0.25, 0.3) is 5.56 Å². The largest absolute Gasteiger partial charge is 0.306 e. The summed E-state index contributed by atoms with van der Waals surface area (Å²) in [5.74, 6) is 1.07. The second kappa shape index (κ2) is 4.87. The molecule has 1 saturated carbocycles. The van der Waals surface area contributed by atoms with Crippen LogP contribution in [0.3, 0.4) is 0 Å². The predicted octanol–water partition coefficient (Wildman–Crippen LogP) is 4.15. The number of halogens is 2. The SMILES string of the molecule is Cc1ccc(-c2nc(C3CC3)c(Br)c(=O)[nH]2)cc1Br. The number of rotatable bonds is 2. The first-order valence-electron chi connectivity index (χ1n) is 6.12. The molecule has 2 aromatic rings. The third kappa shape index (κ3) is 2.54. The molecule has 98 valence electrons. The number of nitrogens with zero attached hydrogens (tertiary/aromatic N) is 1. The molecule has 0 saturated heterocycles. The van der Waals surface area contributed by atoms with Gasteiger partial charge in [0.05, 0.1) is 5.69 Å². The Morgan fingerprint density at radius 3 is 2.68 bits per heavy atom. The fourth-order valence-corrected chi connectivity index (χ4v) is 2.87. The van der Waals surface area contributed by atoms with Gasteiger partial charge in [-0.05, 0) is 47.3 Å². The van der Waals surface area contributed by atoms with Crippen LogP contribution in [0.25, 0.3) is 11.4 Å². The fourth-order valence-electron chi connectivity index (χ4n) is 1.98. The monoisotopic (exact) mass is 382 g/mol. The highest BCUT2D eigenvalue weighted by Crippen LogP contribution is 2.41. The van der Waals surface area contributed by atoms with Gasteiger partial charge in [0.2, 0.25) is 0 Å². The Labute approximate surface area is 127 Å². The number of benzene rings is 1. The molecule has 19 heavy (non-hydrogen) atoms. The van der Waals surface area contributed by atoms with Gasteiger partial charge < -0.3 is 4.98 Å². The van der Waals surface area contributed by atoms with Crippen LogP contribution in [0.4, 0.5) is 0 Å². The lowest BCUT2D eigenvalue weighted by Gasteiger charge is -2.07. The number of aromatic nitrogens is 2. The molecule has 1 heterocycles. The van der Waals surface area contributed by atoms with Gasteiger partial charge in [-0.1, -0.05) is 28.1 Å². The van der Waals surface area contributed by atoms with Crippen molar-refractivity contribution in [2.24, 2.45) is 0 Å². The minimum absolute atomic E-state index is 0.108. The highest BCUT2D eigenvalue weighted by atomic mass is 79.9. The second-order valence-electron chi connectivity index (χ2n) is 4.85. The molecule has 5 heteroatoms. The van der Waals surface area contributed by atoms with Gasteiger partial charge in [-0.2, -0.15) is 0 Å². The van der Waals surface area contributed by atoms with E-state index in [1.165, 1.54) is 0 Å². The summed E-state index contributed by atoms with van der Waals surface area (Å²) in [6, 6.07) is 5.97. The summed E-state index contributed by atoms with van der Waals surface area (Å²) >= 11 is 6.85. The summed E-state index contributed by atoms with van der Waals surface area (Å²) in [5.41, 5.74) is 2.86. The molecule has 0 amide bonds. The van der Waals surface area contributed by atoms with Crippen molar-refractivity contribution < 1.29 is 0 Å². The molecule has 1 N–H and O–H groups in total. The van der Waals surface area contributed by atoms with Gasteiger partial charge in [0.1, 0.15) is 10.3 Å². The van der Waals surface area contributed by atoms with Crippen LogP contribution in [-0.2, 0) is 0 Å². The lowest BCUT2D eigenvalue weighted by Crippen LogP contribution is -2.13. The highest BCUT2D eigenvalue weighted by Gasteiger charge is 2.29. The van der Waals surface area contributed by atoms with Gasteiger partial charge in [-0.15, -0.1) is 0 Å². The van der Waals surface area contributed by atoms with Crippen molar-refractivity contribution in [3.8, 4) is 11.4 Å². The van der Waals surface area contributed by atoms with Crippen molar-refractivity contribution in [2.45, 2.75) is 25.7 Å². The Hall–Kier alpha value is -0.940. The molecule has 0 aliphatic heterocycles. The molecule has 0 spiro atoms. The average Bonchev–Trinajstić information content (AvgIpc) is 3.20. The molecule has 0 unspecified atom stereocenters. The van der Waals surface area contributed by atoms with E-state index in [-0.39, 0.29) is 5.56 Å². The molecular formula is C14H12Br2N2O. The molecule has 0 bridgehead atoms. The molecule has 0 atom stereocenters. The van der Waals surface area contributed by atoms with E-state index in [0.717, 1.165) is 34.1 Å². The van der Waals surface area contributed by atoms with Gasteiger partial charge >= 0.3 is 0 Å². The normalized spacial score (nSPS) is 14.7. The Balaban J connectivity index is 2.14. The van der Waals surface area contributed by atoms with E-state index < -0.39 is 0 Å². The molecule has 3 nitrogen and oxygen atoms in total. The Bertz CT molecular complexity index is 705. The molecule has 0 radical (unpaired) electrons. The number of hydrogen-bond donors (Lipinski definition) is 1. The van der Waals surface area contributed by atoms with E-state index in [0.29, 0.717) is 16.2 Å². The smallest absolute Gasteiger partial charge is 0.265 e. The van der Waals surface area contributed by atoms with E-state index in [1.54, 1.807) is 0 Å². The van der Waals surface area contributed by atoms with Crippen LogP contribution in [0.5, 0.6) is 0 Å². The third-order valence-corrected chi connectivity index (χ3v) is 4.92. The molecule has 1 aliphatic carbocycles. The van der Waals surface area contributed by atoms with E-state index in [9.17, 15) is 4.79 Å². The standard InChI is InChI=1S/C14H12Br2N2O/c1-7-2-3-9(6-10(7)15)13-17-12(8-4-5-8)11(16)14(19)18-13/h2-3,6,8H,4-5H2,1H3,(H,17,18,19). The van der Waals surface area contributed by atoms with Gasteiger partial charge in [0, 0.05) is 16.0 Å². The lowest BCUT2D eigenvalue weighted by atomic mass is 10.1. The third-order valence-electron chi connectivity index (χ3n) is 3.30. The first-order valence-corrected chi connectivity index (χ1v) is 7.71. The van der Waals surface area contributed by atoms with Crippen molar-refractivity contribution in [1.29, 1.82) is 0 Å². The van der Waals surface area contributed by atoms with Crippen LogP contribution in [0, 0.1) is 6.92 Å². The first kappa shape index (κ1) is 13.1. The molecule has 1 aromatic carbocycles. The Morgan fingerprint density at radius 2 is 2.05 bits per heavy atom. The van der Waals surface area contributed by atoms with Crippen LogP contribution in [0.15, 0.2) is 31.9 Å². The van der Waals surface area contributed by atoms with E-state index in [1.807, 2.05) is 25.1 Å². The number of aromatic amines is 1. The van der Waals surface area contributed by atoms with Gasteiger partial charge in [0.15, 0.2) is 0 Å². The molecule has 1 aliphatic rings. The van der Waals surface area contributed by atoms with Crippen molar-refractivity contribution in [3.63, 3.8) is 0 Å². The summed E-state index contributed by atoms with van der Waals surface area (Å²) in [4.78, 5) is 19.4. The van der Waals surface area contributed by atoms with Gasteiger partial charge in [-0.25, -0.2) is 4.98 Å². The molecule has 3 rings (SSSR count). The minimum atomic E-state index is -0.108. The van der Waals surface area contributed by atoms with Crippen molar-refractivity contribution in [3.05, 3.63) is 48.8 Å². The molecular weight excluding hydrogens is 372 g/mol. The molecule has 1 aromatic heterocycles. The second-order valence-corrected chi connectivity index (χ2v) is 6.50. The summed E-state index contributed by atoms with van der Waals surface area (Å²) in [7, 11) is 0. The summed E-state index contributed by atoms with van der Waals surface area (Å²) in [6.45, 7) is 2.03. The number of H-pyrrole nitrogens is 1. The average molecular weight is 384 g/mol. The highest BCUT2D eigenvalue weighted by molar-refractivity contribution is 9.10. The van der Waals surface area contributed by atoms with Crippen LogP contribution < -0.4 is 5.56 Å². The first-order chi connectivity index (χ1) is 9.06. The van der Waals surface area contributed by atoms with Crippen molar-refractivity contribution in [2.75, 3.05) is 0 Å². The topological polar surface area (TPSA) is 45.8 Å². The predicted molar refractivity (Wildman–Crippen MR) is 82.4 cm³/mol. The van der Waals surface area contributed by atoms with E-state index >= 15 is 0 Å². The van der Waals surface area contributed by atoms with E-state index in [4.69, 9.17) is 0 Å². The zero-order valence-electron chi connectivity index (χ0n) is 10.3. The van der Waals surface area contributed by atoms with Crippen molar-refractivity contribution in [1.82, 2.24) is 9.97 Å². The van der Waals surface area contributed by atoms with Crippen LogP contribution in [0.2, 0.25) is 0 Å². The minimum Gasteiger partial charge on any atom is -0.306 e. The zero-order chi connectivity index (χ0) is 13.6. The maximum Gasteiger partial charge on any atom is 0.265 e. The summed E-state index contributed by atoms with van der Waals surface area (Å²) in [5, 5.41) is 0. The Morgan fingerprint density at radius 1 is 1.32 bits per heavy atom. The summed E-state index contributed by atoms with van der Waals surface area (Å²) < 4.78 is 1.59. The number of aryl methyl sites for hydroxylation is 1. The fraction of sp³-hybridized carbons (Fsp3) is 0.286. The number of hydrogen-bond acceptors (Lipinski definition) is 2.